The molecule has 284 valence electrons. The fraction of sp³-hybridized carbons (Fsp3) is 0.189. The van der Waals surface area contributed by atoms with Gasteiger partial charge in [-0.15, -0.1) is 22.7 Å². The van der Waals surface area contributed by atoms with E-state index in [0.717, 1.165) is 16.2 Å². The van der Waals surface area contributed by atoms with E-state index in [1.807, 2.05) is 11.4 Å². The molecule has 0 spiro atoms. The highest BCUT2D eigenvalue weighted by Gasteiger charge is 2.32. The zero-order valence-corrected chi connectivity index (χ0v) is 33.6. The minimum atomic E-state index is -4.56. The highest BCUT2D eigenvalue weighted by Crippen LogP contribution is 2.47. The van der Waals surface area contributed by atoms with Crippen molar-refractivity contribution in [2.24, 2.45) is 0 Å². The van der Waals surface area contributed by atoms with Crippen molar-refractivity contribution < 1.29 is 31.2 Å². The lowest BCUT2D eigenvalue weighted by atomic mass is 10.1. The van der Waals surface area contributed by atoms with Crippen LogP contribution in [0.25, 0.3) is 44.2 Å². The van der Waals surface area contributed by atoms with Crippen LogP contribution in [-0.4, -0.2) is 45.7 Å². The third-order valence-electron chi connectivity index (χ3n) is 8.96. The molecule has 6 heterocycles. The number of aromatic nitrogens is 4. The molecule has 0 amide bonds. The van der Waals surface area contributed by atoms with Crippen LogP contribution in [0.4, 0.5) is 8.78 Å². The Balaban J connectivity index is 1.08. The molecule has 2 aliphatic rings. The van der Waals surface area contributed by atoms with E-state index in [-0.39, 0.29) is 52.2 Å². The third kappa shape index (κ3) is 7.35. The molecule has 55 heavy (non-hydrogen) atoms. The van der Waals surface area contributed by atoms with Gasteiger partial charge in [0.1, 0.15) is 34.5 Å². The summed E-state index contributed by atoms with van der Waals surface area (Å²) < 4.78 is 80.5. The van der Waals surface area contributed by atoms with Gasteiger partial charge in [0, 0.05) is 40.1 Å². The predicted octanol–water partition coefficient (Wildman–Crippen LogP) is 11.7. The number of thiophene rings is 2. The molecule has 1 N–H and O–H groups in total. The highest BCUT2D eigenvalue weighted by molar-refractivity contribution is 7.88. The molecule has 0 saturated carbocycles. The van der Waals surface area contributed by atoms with Crippen LogP contribution in [0.15, 0.2) is 70.3 Å². The molecule has 4 aromatic heterocycles. The lowest BCUT2D eigenvalue weighted by Crippen LogP contribution is -2.01. The van der Waals surface area contributed by atoms with Crippen LogP contribution in [0.3, 0.4) is 0 Å². The first-order chi connectivity index (χ1) is 26.4. The van der Waals surface area contributed by atoms with Crippen LogP contribution in [0.2, 0.25) is 20.1 Å². The third-order valence-corrected chi connectivity index (χ3v) is 13.4. The topological polar surface area (TPSA) is 108 Å². The van der Waals surface area contributed by atoms with E-state index in [2.05, 4.69) is 5.10 Å². The molecule has 0 saturated heterocycles. The molecule has 0 atom stereocenters. The molecular formula is C37H26Cl4F2N4O5S3. The molecule has 9 nitrogen and oxygen atoms in total. The Morgan fingerprint density at radius 2 is 1.31 bits per heavy atom. The molecule has 0 radical (unpaired) electrons. The normalized spacial score (nSPS) is 14.3. The summed E-state index contributed by atoms with van der Waals surface area (Å²) in [6.45, 7) is 0.433. The molecule has 0 bridgehead atoms. The van der Waals surface area contributed by atoms with Crippen LogP contribution in [-0.2, 0) is 23.0 Å². The average Bonchev–Trinajstić information content (AvgIpc) is 3.89. The largest absolute Gasteiger partial charge is 0.492 e. The SMILES string of the molecule is O=S(=O)(O)c1cc2c(s1)-c1c(c(C(F)=CCCCC=C(F)c3nn(-c4ccc(Cl)cc4Cl)c4c3CCOc3ccsc3-4)nn1-c1ccc(Cl)cc1Cl)CCO2. The maximum Gasteiger partial charge on any atom is 0.304 e. The minimum absolute atomic E-state index is 0.0188. The summed E-state index contributed by atoms with van der Waals surface area (Å²) in [6, 6.07) is 12.9. The summed E-state index contributed by atoms with van der Waals surface area (Å²) in [5.41, 5.74) is 3.33. The number of unbranched alkanes of at least 4 members (excludes halogenated alkanes) is 2. The predicted molar refractivity (Wildman–Crippen MR) is 214 cm³/mol. The van der Waals surface area contributed by atoms with Crippen LogP contribution in [0.1, 0.15) is 41.8 Å². The summed E-state index contributed by atoms with van der Waals surface area (Å²) >= 11 is 27.7. The van der Waals surface area contributed by atoms with Crippen molar-refractivity contribution in [1.82, 2.24) is 19.6 Å². The van der Waals surface area contributed by atoms with Crippen LogP contribution < -0.4 is 9.47 Å². The summed E-state index contributed by atoms with van der Waals surface area (Å²) in [7, 11) is -4.56. The molecule has 18 heteroatoms. The van der Waals surface area contributed by atoms with Gasteiger partial charge in [-0.25, -0.2) is 18.1 Å². The zero-order chi connectivity index (χ0) is 38.6. The molecule has 2 aromatic carbocycles. The van der Waals surface area contributed by atoms with Crippen molar-refractivity contribution in [2.75, 3.05) is 13.2 Å². The van der Waals surface area contributed by atoms with Crippen molar-refractivity contribution in [1.29, 1.82) is 0 Å². The molecule has 2 aliphatic heterocycles. The number of rotatable bonds is 9. The minimum Gasteiger partial charge on any atom is -0.492 e. The maximum absolute atomic E-state index is 16.1. The van der Waals surface area contributed by atoms with E-state index in [1.54, 1.807) is 35.0 Å². The lowest BCUT2D eigenvalue weighted by molar-refractivity contribution is 0.326. The zero-order valence-electron chi connectivity index (χ0n) is 28.2. The standard InChI is InChI=1S/C37H26Cl4F2N4O5S3/c38-19-6-8-27(23(40)16-19)46-34-21(10-13-51-29-12-15-53-36(29)34)32(44-46)25(42)4-2-1-3-5-26(43)33-22-11-14-52-30-18-31(55(48,49)50)54-37(30)35(22)47(45-33)28-9-7-20(39)17-24(28)41/h4-9,12,15-18H,1-3,10-11,13-14H2,(H,48,49,50). The van der Waals surface area contributed by atoms with Crippen molar-refractivity contribution in [3.05, 3.63) is 109 Å². The maximum atomic E-state index is 16.1. The first kappa shape index (κ1) is 38.2. The number of benzene rings is 2. The first-order valence-electron chi connectivity index (χ1n) is 16.7. The van der Waals surface area contributed by atoms with Crippen molar-refractivity contribution in [3.8, 4) is 44.0 Å². The monoisotopic (exact) mass is 880 g/mol. The number of ether oxygens (including phenoxy) is 2. The Morgan fingerprint density at radius 1 is 0.782 bits per heavy atom. The quantitative estimate of drug-likeness (QED) is 0.114. The highest BCUT2D eigenvalue weighted by atomic mass is 35.5. The van der Waals surface area contributed by atoms with Gasteiger partial charge < -0.3 is 9.47 Å². The Labute approximate surface area is 341 Å². The second-order valence-electron chi connectivity index (χ2n) is 12.4. The fourth-order valence-corrected chi connectivity index (χ4v) is 10.2. The molecule has 8 rings (SSSR count). The Morgan fingerprint density at radius 3 is 1.84 bits per heavy atom. The van der Waals surface area contributed by atoms with E-state index in [4.69, 9.17) is 61.0 Å². The summed E-state index contributed by atoms with van der Waals surface area (Å²) in [6.07, 6.45) is 4.39. The summed E-state index contributed by atoms with van der Waals surface area (Å²) in [4.78, 5) is 1.14. The van der Waals surface area contributed by atoms with E-state index >= 15 is 8.78 Å². The van der Waals surface area contributed by atoms with Crippen LogP contribution >= 0.6 is 69.1 Å². The van der Waals surface area contributed by atoms with E-state index in [0.29, 0.717) is 79.0 Å². The second kappa shape index (κ2) is 15.3. The van der Waals surface area contributed by atoms with E-state index in [9.17, 15) is 13.0 Å². The smallest absolute Gasteiger partial charge is 0.304 e. The second-order valence-corrected chi connectivity index (χ2v) is 17.8. The van der Waals surface area contributed by atoms with Gasteiger partial charge in [-0.05, 0) is 79.3 Å². The van der Waals surface area contributed by atoms with Crippen LogP contribution in [0.5, 0.6) is 11.5 Å². The van der Waals surface area contributed by atoms with Gasteiger partial charge in [0.25, 0.3) is 0 Å². The van der Waals surface area contributed by atoms with E-state index < -0.39 is 21.8 Å². The first-order valence-corrected chi connectivity index (χ1v) is 21.4. The van der Waals surface area contributed by atoms with Gasteiger partial charge in [0.05, 0.1) is 55.8 Å². The number of allylic oxidation sites excluding steroid dienone is 2. The number of hydrogen-bond donors (Lipinski definition) is 1. The average molecular weight is 883 g/mol. The van der Waals surface area contributed by atoms with Crippen LogP contribution in [0, 0.1) is 0 Å². The van der Waals surface area contributed by atoms with Gasteiger partial charge in [-0.3, -0.25) is 4.55 Å². The van der Waals surface area contributed by atoms with Gasteiger partial charge in [-0.1, -0.05) is 46.4 Å². The van der Waals surface area contributed by atoms with Gasteiger partial charge in [0.2, 0.25) is 0 Å². The summed E-state index contributed by atoms with van der Waals surface area (Å²) in [5.74, 6) is -0.266. The Kier molecular flexibility index (Phi) is 10.6. The number of nitrogens with zero attached hydrogens (tertiary/aromatic N) is 4. The van der Waals surface area contributed by atoms with Crippen molar-refractivity contribution >= 4 is 90.8 Å². The van der Waals surface area contributed by atoms with Gasteiger partial charge in [-0.2, -0.15) is 18.6 Å². The van der Waals surface area contributed by atoms with Gasteiger partial charge in [0.15, 0.2) is 4.21 Å². The lowest BCUT2D eigenvalue weighted by Gasteiger charge is -2.09. The summed E-state index contributed by atoms with van der Waals surface area (Å²) in [5, 5.41) is 12.6. The number of fused-ring (bicyclic) bond motifs is 6. The molecule has 0 aliphatic carbocycles. The van der Waals surface area contributed by atoms with E-state index in [1.165, 1.54) is 40.3 Å². The molecule has 6 aromatic rings. The van der Waals surface area contributed by atoms with Crippen molar-refractivity contribution in [3.63, 3.8) is 0 Å². The van der Waals surface area contributed by atoms with Crippen molar-refractivity contribution in [2.45, 2.75) is 36.3 Å². The Hall–Kier alpha value is -3.73. The van der Waals surface area contributed by atoms with Gasteiger partial charge >= 0.3 is 10.1 Å². The Bertz CT molecular complexity index is 2670. The molecule has 0 unspecified atom stereocenters. The number of halogens is 6. The fourth-order valence-electron chi connectivity index (χ4n) is 6.51. The molecular weight excluding hydrogens is 856 g/mol. The molecule has 0 fully saturated rings. The number of hydrogen-bond acceptors (Lipinski definition) is 8.